The minimum atomic E-state index is -2.84. The Morgan fingerprint density at radius 3 is 2.10 bits per heavy atom. The quantitative estimate of drug-likeness (QED) is 0.360. The Kier molecular flexibility index (Phi) is 9.19. The van der Waals surface area contributed by atoms with Gasteiger partial charge in [0.15, 0.2) is 0 Å². The lowest BCUT2D eigenvalue weighted by atomic mass is 10.3. The summed E-state index contributed by atoms with van der Waals surface area (Å²) in [4.78, 5) is 0. The van der Waals surface area contributed by atoms with Crippen molar-refractivity contribution in [3.8, 4) is 5.75 Å². The average molecular weight is 371 g/mol. The predicted octanol–water partition coefficient (Wildman–Crippen LogP) is 6.23. The highest BCUT2D eigenvalue weighted by Gasteiger charge is 2.23. The van der Waals surface area contributed by atoms with Gasteiger partial charge in [0.2, 0.25) is 0 Å². The number of hydrogen-bond acceptors (Lipinski definition) is 4. The summed E-state index contributed by atoms with van der Waals surface area (Å²) in [6.07, 6.45) is 3.86. The van der Waals surface area contributed by atoms with Crippen LogP contribution in [0.2, 0.25) is 10.0 Å². The van der Waals surface area contributed by atoms with Crippen molar-refractivity contribution < 1.29 is 13.6 Å². The molecule has 0 spiro atoms. The Morgan fingerprint density at radius 1 is 1.05 bits per heavy atom. The van der Waals surface area contributed by atoms with E-state index in [4.69, 9.17) is 48.6 Å². The molecule has 0 unspecified atom stereocenters. The van der Waals surface area contributed by atoms with Crippen LogP contribution < -0.4 is 4.52 Å². The summed E-state index contributed by atoms with van der Waals surface area (Å²) in [5, 5.41) is 0.939. The lowest BCUT2D eigenvalue weighted by molar-refractivity contribution is 0.198. The van der Waals surface area contributed by atoms with Crippen LogP contribution in [0.25, 0.3) is 0 Å². The standard InChI is InChI=1S/C14H21Cl2O3PS/c1-3-5-9-17-20(21,18-10-6-4-2)19-14-8-7-12(15)11-13(14)16/h7-8,11H,3-6,9-10H2,1-2H3. The van der Waals surface area contributed by atoms with Gasteiger partial charge in [0.05, 0.1) is 18.2 Å². The topological polar surface area (TPSA) is 27.7 Å². The van der Waals surface area contributed by atoms with Gasteiger partial charge in [0.25, 0.3) is 0 Å². The van der Waals surface area contributed by atoms with E-state index in [1.54, 1.807) is 18.2 Å². The zero-order chi connectivity index (χ0) is 15.7. The molecule has 0 amide bonds. The fourth-order valence-corrected chi connectivity index (χ4v) is 3.88. The van der Waals surface area contributed by atoms with Crippen LogP contribution in [0.4, 0.5) is 0 Å². The minimum absolute atomic E-state index is 0.398. The van der Waals surface area contributed by atoms with Crippen LogP contribution in [0, 0.1) is 0 Å². The summed E-state index contributed by atoms with van der Waals surface area (Å²) in [6, 6.07) is 4.98. The van der Waals surface area contributed by atoms with Gasteiger partial charge in [-0.25, -0.2) is 0 Å². The van der Waals surface area contributed by atoms with E-state index in [0.717, 1.165) is 25.7 Å². The second kappa shape index (κ2) is 10.0. The van der Waals surface area contributed by atoms with Gasteiger partial charge < -0.3 is 4.52 Å². The summed E-state index contributed by atoms with van der Waals surface area (Å²) in [5.41, 5.74) is 0. The summed E-state index contributed by atoms with van der Waals surface area (Å²) < 4.78 is 17.2. The summed E-state index contributed by atoms with van der Waals surface area (Å²) in [7, 11) is 0. The molecule has 0 saturated heterocycles. The fourth-order valence-electron chi connectivity index (χ4n) is 1.40. The highest BCUT2D eigenvalue weighted by atomic mass is 35.5. The smallest absolute Gasteiger partial charge is 0.380 e. The Bertz CT molecular complexity index is 471. The molecule has 0 N–H and O–H groups in total. The van der Waals surface area contributed by atoms with Crippen LogP contribution in [0.1, 0.15) is 39.5 Å². The highest BCUT2D eigenvalue weighted by Crippen LogP contribution is 2.51. The van der Waals surface area contributed by atoms with Crippen molar-refractivity contribution in [1.82, 2.24) is 0 Å². The molecule has 1 aromatic rings. The van der Waals surface area contributed by atoms with Crippen molar-refractivity contribution in [1.29, 1.82) is 0 Å². The second-order valence-corrected chi connectivity index (χ2v) is 8.27. The maximum absolute atomic E-state index is 6.11. The number of halogens is 2. The van der Waals surface area contributed by atoms with Crippen LogP contribution in [0.5, 0.6) is 5.75 Å². The third-order valence-electron chi connectivity index (χ3n) is 2.60. The molecule has 21 heavy (non-hydrogen) atoms. The first kappa shape index (κ1) is 19.2. The normalized spacial score (nSPS) is 11.6. The largest absolute Gasteiger partial charge is 0.423 e. The van der Waals surface area contributed by atoms with Crippen LogP contribution in [-0.2, 0) is 20.9 Å². The number of benzene rings is 1. The zero-order valence-corrected chi connectivity index (χ0v) is 15.5. The molecule has 0 aliphatic carbocycles. The molecule has 7 heteroatoms. The number of unbranched alkanes of at least 4 members (excludes halogenated alkanes) is 2. The van der Waals surface area contributed by atoms with Gasteiger partial charge in [0, 0.05) is 16.8 Å². The molecular weight excluding hydrogens is 350 g/mol. The molecule has 0 heterocycles. The predicted molar refractivity (Wildman–Crippen MR) is 93.1 cm³/mol. The molecule has 0 aromatic heterocycles. The average Bonchev–Trinajstić information content (AvgIpc) is 2.43. The molecule has 0 atom stereocenters. The van der Waals surface area contributed by atoms with Gasteiger partial charge in [-0.3, -0.25) is 9.05 Å². The molecule has 0 saturated carbocycles. The Labute approximate surface area is 142 Å². The lowest BCUT2D eigenvalue weighted by Gasteiger charge is -2.23. The van der Waals surface area contributed by atoms with Crippen molar-refractivity contribution in [3.63, 3.8) is 0 Å². The third-order valence-corrected chi connectivity index (χ3v) is 5.40. The van der Waals surface area contributed by atoms with E-state index in [2.05, 4.69) is 13.8 Å². The first-order chi connectivity index (χ1) is 10.0. The van der Waals surface area contributed by atoms with E-state index in [0.29, 0.717) is 29.0 Å². The van der Waals surface area contributed by atoms with Crippen LogP contribution in [0.3, 0.4) is 0 Å². The van der Waals surface area contributed by atoms with E-state index < -0.39 is 6.72 Å². The van der Waals surface area contributed by atoms with Crippen LogP contribution in [-0.4, -0.2) is 13.2 Å². The van der Waals surface area contributed by atoms with E-state index >= 15 is 0 Å². The molecule has 120 valence electrons. The molecule has 1 rings (SSSR count). The summed E-state index contributed by atoms with van der Waals surface area (Å²) in [5.74, 6) is 0.442. The van der Waals surface area contributed by atoms with Crippen molar-refractivity contribution in [3.05, 3.63) is 28.2 Å². The Balaban J connectivity index is 2.77. The van der Waals surface area contributed by atoms with E-state index in [1.165, 1.54) is 0 Å². The zero-order valence-electron chi connectivity index (χ0n) is 12.3. The summed E-state index contributed by atoms with van der Waals surface area (Å²) >= 11 is 17.4. The molecule has 0 radical (unpaired) electrons. The van der Waals surface area contributed by atoms with Crippen molar-refractivity contribution in [2.45, 2.75) is 39.5 Å². The van der Waals surface area contributed by atoms with Gasteiger partial charge in [-0.15, -0.1) is 0 Å². The lowest BCUT2D eigenvalue weighted by Crippen LogP contribution is -2.05. The van der Waals surface area contributed by atoms with E-state index in [9.17, 15) is 0 Å². The number of hydrogen-bond donors (Lipinski definition) is 0. The third kappa shape index (κ3) is 7.32. The molecule has 0 fully saturated rings. The van der Waals surface area contributed by atoms with Crippen molar-refractivity contribution >= 4 is 41.7 Å². The molecule has 3 nitrogen and oxygen atoms in total. The maximum Gasteiger partial charge on any atom is 0.380 e. The SMILES string of the molecule is CCCCOP(=S)(OCCCC)Oc1ccc(Cl)cc1Cl. The first-order valence-corrected chi connectivity index (χ1v) is 10.4. The summed E-state index contributed by atoms with van der Waals surface area (Å²) in [6.45, 7) is 2.37. The number of rotatable bonds is 10. The molecular formula is C14H21Cl2O3PS. The molecule has 0 aliphatic rings. The van der Waals surface area contributed by atoms with Gasteiger partial charge >= 0.3 is 6.72 Å². The van der Waals surface area contributed by atoms with Crippen LogP contribution in [0.15, 0.2) is 18.2 Å². The fraction of sp³-hybridized carbons (Fsp3) is 0.571. The van der Waals surface area contributed by atoms with Gasteiger partial charge in [-0.05, 0) is 31.0 Å². The van der Waals surface area contributed by atoms with E-state index in [-0.39, 0.29) is 0 Å². The van der Waals surface area contributed by atoms with Crippen molar-refractivity contribution in [2.24, 2.45) is 0 Å². The molecule has 0 aliphatic heterocycles. The van der Waals surface area contributed by atoms with Gasteiger partial charge in [-0.2, -0.15) is 0 Å². The van der Waals surface area contributed by atoms with E-state index in [1.807, 2.05) is 0 Å². The molecule has 1 aromatic carbocycles. The van der Waals surface area contributed by atoms with Crippen LogP contribution >= 0.6 is 29.9 Å². The maximum atomic E-state index is 6.11. The minimum Gasteiger partial charge on any atom is -0.423 e. The van der Waals surface area contributed by atoms with Gasteiger partial charge in [0.1, 0.15) is 5.75 Å². The van der Waals surface area contributed by atoms with Crippen molar-refractivity contribution in [2.75, 3.05) is 13.2 Å². The second-order valence-electron chi connectivity index (χ2n) is 4.49. The Hall–Kier alpha value is 0.170. The van der Waals surface area contributed by atoms with Gasteiger partial charge in [-0.1, -0.05) is 49.9 Å². The first-order valence-electron chi connectivity index (χ1n) is 7.04. The Morgan fingerprint density at radius 2 is 1.62 bits per heavy atom. The monoisotopic (exact) mass is 370 g/mol. The highest BCUT2D eigenvalue weighted by molar-refractivity contribution is 8.07. The molecule has 0 bridgehead atoms.